The third-order valence-electron chi connectivity index (χ3n) is 11.4. The van der Waals surface area contributed by atoms with Crippen LogP contribution in [0.4, 0.5) is 5.69 Å². The summed E-state index contributed by atoms with van der Waals surface area (Å²) < 4.78 is 2.19. The van der Waals surface area contributed by atoms with E-state index in [4.69, 9.17) is 15.1 Å². The van der Waals surface area contributed by atoms with Crippen LogP contribution in [-0.4, -0.2) is 91.9 Å². The lowest BCUT2D eigenvalue weighted by Crippen LogP contribution is -2.54. The van der Waals surface area contributed by atoms with E-state index in [-0.39, 0.29) is 29.9 Å². The second kappa shape index (κ2) is 13.5. The zero-order valence-electron chi connectivity index (χ0n) is 29.1. The molecule has 5 aliphatic rings. The molecule has 9 rings (SSSR count). The minimum atomic E-state index is -0.963. The number of piperazine rings is 1. The third-order valence-corrected chi connectivity index (χ3v) is 11.4. The fourth-order valence-electron chi connectivity index (χ4n) is 8.22. The zero-order chi connectivity index (χ0) is 35.3. The number of benzene rings is 2. The average molecular weight is 702 g/mol. The van der Waals surface area contributed by atoms with Gasteiger partial charge in [0.05, 0.1) is 45.8 Å². The first-order chi connectivity index (χ1) is 25.4. The predicted octanol–water partition coefficient (Wildman–Crippen LogP) is 4.02. The molecule has 5 heterocycles. The van der Waals surface area contributed by atoms with Crippen LogP contribution < -0.4 is 16.0 Å². The first kappa shape index (κ1) is 32.9. The van der Waals surface area contributed by atoms with Crippen LogP contribution in [0.25, 0.3) is 22.3 Å². The molecule has 0 radical (unpaired) electrons. The highest BCUT2D eigenvalue weighted by atomic mass is 16.2. The van der Waals surface area contributed by atoms with E-state index in [1.54, 1.807) is 18.2 Å². The van der Waals surface area contributed by atoms with Gasteiger partial charge in [-0.15, -0.1) is 0 Å². The fourth-order valence-corrected chi connectivity index (χ4v) is 8.22. The Morgan fingerprint density at radius 1 is 0.885 bits per heavy atom. The van der Waals surface area contributed by atoms with Crippen LogP contribution in [0.3, 0.4) is 0 Å². The average Bonchev–Trinajstić information content (AvgIpc) is 3.84. The van der Waals surface area contributed by atoms with E-state index in [9.17, 15) is 19.2 Å². The van der Waals surface area contributed by atoms with Crippen molar-refractivity contribution in [2.75, 3.05) is 38.0 Å². The molecule has 13 nitrogen and oxygen atoms in total. The van der Waals surface area contributed by atoms with Gasteiger partial charge in [-0.05, 0) is 86.8 Å². The summed E-state index contributed by atoms with van der Waals surface area (Å²) in [5.41, 5.74) is 7.65. The summed E-state index contributed by atoms with van der Waals surface area (Å²) in [7, 11) is 0. The summed E-state index contributed by atoms with van der Waals surface area (Å²) in [6.45, 7) is 5.86. The minimum absolute atomic E-state index is 0.0991. The molecule has 3 aliphatic heterocycles. The number of aromatic nitrogens is 4. The molecule has 2 aliphatic carbocycles. The molecule has 1 unspecified atom stereocenters. The Kier molecular flexibility index (Phi) is 8.54. The number of hydrogen-bond acceptors (Lipinski definition) is 10. The SMILES string of the molecule is O=C1CCC(N2C(=O)c3ccc(NCCC[C@H]4C[C@H](n5cc(-c6cnc7ccc(CN8CCNCC8)cc7n6)c(C6CC6)n5)C4)cc3C2=O)C(=O)N1. The molecular weight excluding hydrogens is 658 g/mol. The molecule has 2 aromatic heterocycles. The lowest BCUT2D eigenvalue weighted by atomic mass is 9.77. The van der Waals surface area contributed by atoms with Crippen molar-refractivity contribution < 1.29 is 19.2 Å². The Balaban J connectivity index is 0.793. The molecule has 52 heavy (non-hydrogen) atoms. The molecule has 4 amide bonds. The van der Waals surface area contributed by atoms with Crippen molar-refractivity contribution in [3.63, 3.8) is 0 Å². The predicted molar refractivity (Wildman–Crippen MR) is 193 cm³/mol. The Morgan fingerprint density at radius 3 is 2.52 bits per heavy atom. The van der Waals surface area contributed by atoms with Crippen molar-refractivity contribution in [2.24, 2.45) is 5.92 Å². The standard InChI is InChI=1S/C39H43N9O4/c49-35-10-9-34(37(50)44-35)48-38(51)28-7-6-26(19-29(28)39(48)52)41-11-1-2-23-16-27(17-23)47-22-30(36(45-47)25-4-5-25)33-20-42-31-8-3-24(18-32(31)43-33)21-46-14-12-40-13-15-46/h3,6-8,18-20,22-23,25,27,34,40-41H,1-2,4-5,9-17,21H2,(H,44,49,50)/t23-,27-,34?. The molecule has 13 heteroatoms. The lowest BCUT2D eigenvalue weighted by molar-refractivity contribution is -0.136. The third kappa shape index (κ3) is 6.36. The molecule has 3 N–H and O–H groups in total. The Labute approximate surface area is 301 Å². The van der Waals surface area contributed by atoms with Crippen LogP contribution in [0.2, 0.25) is 0 Å². The Morgan fingerprint density at radius 2 is 1.71 bits per heavy atom. The van der Waals surface area contributed by atoms with Gasteiger partial charge in [-0.3, -0.25) is 44.0 Å². The molecule has 0 spiro atoms. The van der Waals surface area contributed by atoms with Crippen molar-refractivity contribution in [1.82, 2.24) is 40.2 Å². The summed E-state index contributed by atoms with van der Waals surface area (Å²) in [6.07, 6.45) is 11.0. The van der Waals surface area contributed by atoms with Gasteiger partial charge in [0.1, 0.15) is 6.04 Å². The van der Waals surface area contributed by atoms with E-state index in [0.717, 1.165) is 104 Å². The summed E-state index contributed by atoms with van der Waals surface area (Å²) in [5, 5.41) is 14.2. The van der Waals surface area contributed by atoms with Crippen LogP contribution >= 0.6 is 0 Å². The molecule has 0 bridgehead atoms. The first-order valence-corrected chi connectivity index (χ1v) is 18.8. The van der Waals surface area contributed by atoms with Crippen LogP contribution in [0.1, 0.15) is 95.3 Å². The molecule has 268 valence electrons. The van der Waals surface area contributed by atoms with E-state index in [2.05, 4.69) is 49.9 Å². The number of carbonyl (C=O) groups is 4. The van der Waals surface area contributed by atoms with E-state index >= 15 is 0 Å². The van der Waals surface area contributed by atoms with Crippen molar-refractivity contribution in [3.8, 4) is 11.3 Å². The van der Waals surface area contributed by atoms with E-state index in [1.807, 2.05) is 6.20 Å². The van der Waals surface area contributed by atoms with Crippen LogP contribution in [-0.2, 0) is 16.1 Å². The molecule has 2 aromatic carbocycles. The van der Waals surface area contributed by atoms with Crippen molar-refractivity contribution in [2.45, 2.75) is 75.9 Å². The molecule has 4 aromatic rings. The number of hydrogen-bond donors (Lipinski definition) is 3. The molecular formula is C39H43N9O4. The minimum Gasteiger partial charge on any atom is -0.385 e. The number of rotatable bonds is 11. The van der Waals surface area contributed by atoms with Gasteiger partial charge in [-0.2, -0.15) is 5.10 Å². The maximum absolute atomic E-state index is 13.2. The van der Waals surface area contributed by atoms with Gasteiger partial charge in [0.25, 0.3) is 11.8 Å². The number of carbonyl (C=O) groups excluding carboxylic acids is 4. The largest absolute Gasteiger partial charge is 0.385 e. The summed E-state index contributed by atoms with van der Waals surface area (Å²) in [4.78, 5) is 63.5. The highest BCUT2D eigenvalue weighted by Gasteiger charge is 2.44. The Hall–Kier alpha value is -5.01. The second-order valence-corrected chi connectivity index (χ2v) is 15.1. The van der Waals surface area contributed by atoms with Crippen LogP contribution in [0, 0.1) is 5.92 Å². The van der Waals surface area contributed by atoms with Gasteiger partial charge in [0.15, 0.2) is 0 Å². The van der Waals surface area contributed by atoms with Crippen LogP contribution in [0.15, 0.2) is 48.8 Å². The number of nitrogens with zero attached hydrogens (tertiary/aromatic N) is 6. The van der Waals surface area contributed by atoms with Gasteiger partial charge >= 0.3 is 0 Å². The molecule has 1 atom stereocenters. The first-order valence-electron chi connectivity index (χ1n) is 18.8. The fraction of sp³-hybridized carbons (Fsp3) is 0.462. The van der Waals surface area contributed by atoms with Crippen molar-refractivity contribution in [3.05, 3.63) is 71.2 Å². The van der Waals surface area contributed by atoms with Crippen molar-refractivity contribution in [1.29, 1.82) is 0 Å². The van der Waals surface area contributed by atoms with E-state index in [1.165, 1.54) is 18.4 Å². The summed E-state index contributed by atoms with van der Waals surface area (Å²) >= 11 is 0. The maximum atomic E-state index is 13.2. The number of nitrogens with one attached hydrogen (secondary N) is 3. The topological polar surface area (TPSA) is 154 Å². The normalized spacial score (nSPS) is 23.5. The van der Waals surface area contributed by atoms with Gasteiger partial charge in [-0.1, -0.05) is 6.07 Å². The zero-order valence-corrected chi connectivity index (χ0v) is 29.1. The van der Waals surface area contributed by atoms with Crippen molar-refractivity contribution >= 4 is 40.3 Å². The highest BCUT2D eigenvalue weighted by molar-refractivity contribution is 6.23. The smallest absolute Gasteiger partial charge is 0.262 e. The molecule has 4 fully saturated rings. The van der Waals surface area contributed by atoms with Gasteiger partial charge < -0.3 is 10.6 Å². The Bertz CT molecular complexity index is 2080. The van der Waals surface area contributed by atoms with Gasteiger partial charge in [-0.25, -0.2) is 4.98 Å². The second-order valence-electron chi connectivity index (χ2n) is 15.1. The number of fused-ring (bicyclic) bond motifs is 2. The highest BCUT2D eigenvalue weighted by Crippen LogP contribution is 2.46. The number of amides is 4. The summed E-state index contributed by atoms with van der Waals surface area (Å²) in [5.74, 6) is -0.846. The monoisotopic (exact) mass is 701 g/mol. The quantitative estimate of drug-likeness (QED) is 0.154. The number of piperidine rings is 1. The van der Waals surface area contributed by atoms with Gasteiger partial charge in [0.2, 0.25) is 11.8 Å². The van der Waals surface area contributed by atoms with Crippen LogP contribution in [0.5, 0.6) is 0 Å². The number of anilines is 1. The van der Waals surface area contributed by atoms with E-state index < -0.39 is 23.8 Å². The molecule has 2 saturated carbocycles. The van der Waals surface area contributed by atoms with Gasteiger partial charge in [0, 0.05) is 69.1 Å². The maximum Gasteiger partial charge on any atom is 0.262 e. The lowest BCUT2D eigenvalue weighted by Gasteiger charge is -2.35. The number of imide groups is 2. The summed E-state index contributed by atoms with van der Waals surface area (Å²) in [6, 6.07) is 11.0. The van der Waals surface area contributed by atoms with E-state index in [0.29, 0.717) is 17.9 Å². The molecule has 2 saturated heterocycles.